The quantitative estimate of drug-likeness (QED) is 0.692. The largest absolute Gasteiger partial charge is 0.304 e. The van der Waals surface area contributed by atoms with E-state index in [2.05, 4.69) is 32.7 Å². The molecule has 1 fully saturated rings. The fourth-order valence-electron chi connectivity index (χ4n) is 2.64. The van der Waals surface area contributed by atoms with Crippen molar-refractivity contribution in [3.8, 4) is 0 Å². The van der Waals surface area contributed by atoms with Crippen LogP contribution in [0.5, 0.6) is 0 Å². The summed E-state index contributed by atoms with van der Waals surface area (Å²) in [5, 5.41) is 0. The summed E-state index contributed by atoms with van der Waals surface area (Å²) in [6.07, 6.45) is 5.39. The normalized spacial score (nSPS) is 23.4. The van der Waals surface area contributed by atoms with Gasteiger partial charge in [0.25, 0.3) is 0 Å². The lowest BCUT2D eigenvalue weighted by Crippen LogP contribution is -2.32. The molecule has 0 heterocycles. The van der Waals surface area contributed by atoms with E-state index >= 15 is 0 Å². The van der Waals surface area contributed by atoms with Crippen LogP contribution in [0.3, 0.4) is 0 Å². The molecule has 1 aliphatic rings. The van der Waals surface area contributed by atoms with Crippen LogP contribution < -0.4 is 0 Å². The van der Waals surface area contributed by atoms with Gasteiger partial charge in [0, 0.05) is 18.4 Å². The van der Waals surface area contributed by atoms with Gasteiger partial charge in [-0.05, 0) is 52.1 Å². The third-order valence-electron chi connectivity index (χ3n) is 3.83. The molecule has 1 saturated carbocycles. The summed E-state index contributed by atoms with van der Waals surface area (Å²) in [5.74, 6) is 1.63. The van der Waals surface area contributed by atoms with Gasteiger partial charge in [0.05, 0.1) is 0 Å². The summed E-state index contributed by atoms with van der Waals surface area (Å²) in [7, 11) is 2.19. The molecule has 0 aromatic rings. The van der Waals surface area contributed by atoms with Gasteiger partial charge in [-0.25, -0.2) is 0 Å². The minimum atomic E-state index is 0.369. The SMILES string of the molecule is CC(C)CC(C)N(C)CCC1CCCC1=O. The molecule has 0 radical (unpaired) electrons. The lowest BCUT2D eigenvalue weighted by atomic mass is 10.0. The number of carbonyl (C=O) groups excluding carboxylic acids is 1. The highest BCUT2D eigenvalue weighted by atomic mass is 16.1. The average molecular weight is 225 g/mol. The Balaban J connectivity index is 2.23. The lowest BCUT2D eigenvalue weighted by molar-refractivity contribution is -0.120. The maximum absolute atomic E-state index is 11.5. The zero-order chi connectivity index (χ0) is 12.1. The third kappa shape index (κ3) is 4.25. The van der Waals surface area contributed by atoms with Crippen molar-refractivity contribution in [2.75, 3.05) is 13.6 Å². The van der Waals surface area contributed by atoms with Gasteiger partial charge in [-0.2, -0.15) is 0 Å². The Bertz CT molecular complexity index is 225. The minimum absolute atomic E-state index is 0.369. The fraction of sp³-hybridized carbons (Fsp3) is 0.929. The van der Waals surface area contributed by atoms with Crippen molar-refractivity contribution in [3.05, 3.63) is 0 Å². The molecule has 0 saturated heterocycles. The molecule has 0 N–H and O–H groups in total. The highest BCUT2D eigenvalue weighted by Crippen LogP contribution is 2.24. The molecule has 0 aromatic heterocycles. The van der Waals surface area contributed by atoms with Crippen molar-refractivity contribution < 1.29 is 4.79 Å². The Labute approximate surface area is 100 Å². The third-order valence-corrected chi connectivity index (χ3v) is 3.83. The Hall–Kier alpha value is -0.370. The first-order valence-corrected chi connectivity index (χ1v) is 6.73. The van der Waals surface area contributed by atoms with Crippen LogP contribution in [0.4, 0.5) is 0 Å². The number of hydrogen-bond donors (Lipinski definition) is 0. The summed E-state index contributed by atoms with van der Waals surface area (Å²) >= 11 is 0. The van der Waals surface area contributed by atoms with Gasteiger partial charge in [-0.3, -0.25) is 4.79 Å². The first-order chi connectivity index (χ1) is 7.50. The van der Waals surface area contributed by atoms with Gasteiger partial charge in [0.15, 0.2) is 0 Å². The second-order valence-corrected chi connectivity index (χ2v) is 5.80. The monoisotopic (exact) mass is 225 g/mol. The Morgan fingerprint density at radius 1 is 1.38 bits per heavy atom. The highest BCUT2D eigenvalue weighted by Gasteiger charge is 2.24. The molecule has 0 bridgehead atoms. The van der Waals surface area contributed by atoms with Crippen LogP contribution >= 0.6 is 0 Å². The van der Waals surface area contributed by atoms with Crippen molar-refractivity contribution >= 4 is 5.78 Å². The zero-order valence-corrected chi connectivity index (χ0v) is 11.3. The Kier molecular flexibility index (Phi) is 5.47. The maximum Gasteiger partial charge on any atom is 0.136 e. The van der Waals surface area contributed by atoms with E-state index in [1.165, 1.54) is 6.42 Å². The maximum atomic E-state index is 11.5. The topological polar surface area (TPSA) is 20.3 Å². The van der Waals surface area contributed by atoms with Crippen LogP contribution in [-0.2, 0) is 4.79 Å². The van der Waals surface area contributed by atoms with E-state index < -0.39 is 0 Å². The van der Waals surface area contributed by atoms with Crippen molar-refractivity contribution in [1.29, 1.82) is 0 Å². The lowest BCUT2D eigenvalue weighted by Gasteiger charge is -2.26. The summed E-state index contributed by atoms with van der Waals surface area (Å²) in [4.78, 5) is 13.9. The van der Waals surface area contributed by atoms with E-state index in [9.17, 15) is 4.79 Å². The number of Topliss-reactive ketones (excluding diaryl/α,β-unsaturated/α-hetero) is 1. The molecule has 16 heavy (non-hydrogen) atoms. The zero-order valence-electron chi connectivity index (χ0n) is 11.3. The van der Waals surface area contributed by atoms with Crippen LogP contribution in [0.2, 0.25) is 0 Å². The van der Waals surface area contributed by atoms with E-state index in [-0.39, 0.29) is 0 Å². The van der Waals surface area contributed by atoms with Crippen molar-refractivity contribution in [3.63, 3.8) is 0 Å². The molecule has 1 aliphatic carbocycles. The standard InChI is InChI=1S/C14H27NO/c1-11(2)10-12(3)15(4)9-8-13-6-5-7-14(13)16/h11-13H,5-10H2,1-4H3. The van der Waals surface area contributed by atoms with Crippen molar-refractivity contribution in [2.45, 2.75) is 58.9 Å². The summed E-state index contributed by atoms with van der Waals surface area (Å²) in [6, 6.07) is 0.636. The summed E-state index contributed by atoms with van der Waals surface area (Å²) in [5.41, 5.74) is 0. The van der Waals surface area contributed by atoms with Gasteiger partial charge >= 0.3 is 0 Å². The number of carbonyl (C=O) groups is 1. The van der Waals surface area contributed by atoms with Crippen LogP contribution in [-0.4, -0.2) is 30.3 Å². The predicted octanol–water partition coefficient (Wildman–Crippen LogP) is 3.11. The molecule has 94 valence electrons. The van der Waals surface area contributed by atoms with Gasteiger partial charge in [0.1, 0.15) is 5.78 Å². The second-order valence-electron chi connectivity index (χ2n) is 5.80. The Morgan fingerprint density at radius 2 is 2.06 bits per heavy atom. The molecule has 0 spiro atoms. The first kappa shape index (κ1) is 13.7. The highest BCUT2D eigenvalue weighted by molar-refractivity contribution is 5.82. The number of ketones is 1. The number of hydrogen-bond acceptors (Lipinski definition) is 2. The molecular formula is C14H27NO. The van der Waals surface area contributed by atoms with Crippen molar-refractivity contribution in [1.82, 2.24) is 4.90 Å². The Morgan fingerprint density at radius 3 is 2.56 bits per heavy atom. The molecule has 2 unspecified atom stereocenters. The molecule has 2 nitrogen and oxygen atoms in total. The predicted molar refractivity (Wildman–Crippen MR) is 68.5 cm³/mol. The molecular weight excluding hydrogens is 198 g/mol. The molecule has 0 aromatic carbocycles. The molecule has 0 amide bonds. The van der Waals surface area contributed by atoms with Crippen molar-refractivity contribution in [2.24, 2.45) is 11.8 Å². The molecule has 2 atom stereocenters. The van der Waals surface area contributed by atoms with E-state index in [4.69, 9.17) is 0 Å². The van der Waals surface area contributed by atoms with E-state index in [1.807, 2.05) is 0 Å². The van der Waals surface area contributed by atoms with Gasteiger partial charge in [-0.1, -0.05) is 13.8 Å². The minimum Gasteiger partial charge on any atom is -0.304 e. The van der Waals surface area contributed by atoms with E-state index in [1.54, 1.807) is 0 Å². The summed E-state index contributed by atoms with van der Waals surface area (Å²) in [6.45, 7) is 7.90. The van der Waals surface area contributed by atoms with Crippen LogP contribution in [0.15, 0.2) is 0 Å². The van der Waals surface area contributed by atoms with Crippen LogP contribution in [0.1, 0.15) is 52.9 Å². The first-order valence-electron chi connectivity index (χ1n) is 6.73. The van der Waals surface area contributed by atoms with Crippen LogP contribution in [0.25, 0.3) is 0 Å². The molecule has 1 rings (SSSR count). The summed E-state index contributed by atoms with van der Waals surface area (Å²) < 4.78 is 0. The van der Waals surface area contributed by atoms with Gasteiger partial charge < -0.3 is 4.90 Å². The van der Waals surface area contributed by atoms with Gasteiger partial charge in [-0.15, -0.1) is 0 Å². The van der Waals surface area contributed by atoms with E-state index in [0.717, 1.165) is 38.1 Å². The van der Waals surface area contributed by atoms with E-state index in [0.29, 0.717) is 17.7 Å². The molecule has 0 aliphatic heterocycles. The fourth-order valence-corrected chi connectivity index (χ4v) is 2.64. The van der Waals surface area contributed by atoms with Crippen LogP contribution in [0, 0.1) is 11.8 Å². The van der Waals surface area contributed by atoms with Gasteiger partial charge in [0.2, 0.25) is 0 Å². The molecule has 2 heteroatoms. The average Bonchev–Trinajstić information content (AvgIpc) is 2.59. The smallest absolute Gasteiger partial charge is 0.136 e. The second kappa shape index (κ2) is 6.39. The number of nitrogens with zero attached hydrogens (tertiary/aromatic N) is 1. The number of rotatable bonds is 6.